The number of piperidine rings is 1. The molecule has 1 saturated heterocycles. The summed E-state index contributed by atoms with van der Waals surface area (Å²) in [7, 11) is 0. The summed E-state index contributed by atoms with van der Waals surface area (Å²) < 4.78 is 0.770. The minimum atomic E-state index is -0.204. The van der Waals surface area contributed by atoms with Crippen LogP contribution >= 0.6 is 23.5 Å². The van der Waals surface area contributed by atoms with Crippen molar-refractivity contribution < 1.29 is 14.4 Å². The zero-order chi connectivity index (χ0) is 20.9. The second-order valence-electron chi connectivity index (χ2n) is 6.98. The Bertz CT molecular complexity index is 1020. The third-order valence-corrected chi connectivity index (χ3v) is 6.95. The van der Waals surface area contributed by atoms with Crippen LogP contribution in [0.2, 0.25) is 0 Å². The van der Waals surface area contributed by atoms with Crippen molar-refractivity contribution in [3.8, 4) is 0 Å². The highest BCUT2D eigenvalue weighted by molar-refractivity contribution is 8.27. The van der Waals surface area contributed by atoms with Crippen molar-refractivity contribution in [1.82, 2.24) is 4.90 Å². The van der Waals surface area contributed by atoms with Crippen LogP contribution in [0.1, 0.15) is 17.5 Å². The van der Waals surface area contributed by atoms with Gasteiger partial charge in [-0.15, -0.1) is 0 Å². The zero-order valence-corrected chi connectivity index (χ0v) is 17.8. The number of benzene rings is 2. The van der Waals surface area contributed by atoms with Crippen LogP contribution in [-0.2, 0) is 27.3 Å². The number of Topliss-reactive ketones (excluding diaryl/α,β-unsaturated/α-hetero) is 1. The quantitative estimate of drug-likeness (QED) is 0.558. The first-order valence-corrected chi connectivity index (χ1v) is 11.3. The maximum atomic E-state index is 12.8. The molecule has 1 N–H and O–H groups in total. The summed E-state index contributed by atoms with van der Waals surface area (Å²) in [5, 5.41) is 6.67. The van der Waals surface area contributed by atoms with E-state index in [2.05, 4.69) is 5.32 Å². The van der Waals surface area contributed by atoms with E-state index in [0.29, 0.717) is 37.2 Å². The second-order valence-corrected chi connectivity index (χ2v) is 9.07. The molecular weight excluding hydrogens is 416 g/mol. The molecule has 2 aliphatic rings. The van der Waals surface area contributed by atoms with Crippen LogP contribution in [0, 0.1) is 0 Å². The molecule has 5 nitrogen and oxygen atoms in total. The number of likely N-dealkylation sites (tertiary alicyclic amines) is 1. The largest absolute Gasteiger partial charge is 0.334 e. The minimum absolute atomic E-state index is 0.0740. The molecule has 2 amide bonds. The minimum Gasteiger partial charge on any atom is -0.334 e. The van der Waals surface area contributed by atoms with Crippen LogP contribution in [0.3, 0.4) is 0 Å². The number of carbonyl (C=O) groups is 3. The molecule has 4 rings (SSSR count). The Morgan fingerprint density at radius 2 is 1.63 bits per heavy atom. The average Bonchev–Trinajstić information content (AvgIpc) is 3.27. The van der Waals surface area contributed by atoms with E-state index in [9.17, 15) is 14.4 Å². The van der Waals surface area contributed by atoms with Gasteiger partial charge in [-0.1, -0.05) is 66.0 Å². The maximum absolute atomic E-state index is 12.8. The molecule has 7 heteroatoms. The van der Waals surface area contributed by atoms with Crippen molar-refractivity contribution in [2.75, 3.05) is 11.9 Å². The number of carbonyl (C=O) groups excluding carboxylic acids is 3. The molecule has 0 atom stereocenters. The van der Waals surface area contributed by atoms with Crippen molar-refractivity contribution in [1.29, 1.82) is 0 Å². The number of hydrogen-bond acceptors (Lipinski definition) is 5. The van der Waals surface area contributed by atoms with Gasteiger partial charge in [-0.25, -0.2) is 0 Å². The van der Waals surface area contributed by atoms with E-state index in [-0.39, 0.29) is 17.6 Å². The fraction of sp³-hybridized carbons (Fsp3) is 0.174. The molecule has 0 saturated carbocycles. The number of ketones is 1. The summed E-state index contributed by atoms with van der Waals surface area (Å²) in [4.78, 5) is 39.0. The molecule has 0 unspecified atom stereocenters. The van der Waals surface area contributed by atoms with Gasteiger partial charge in [-0.2, -0.15) is 0 Å². The van der Waals surface area contributed by atoms with E-state index in [4.69, 9.17) is 0 Å². The summed E-state index contributed by atoms with van der Waals surface area (Å²) in [5.74, 6) is -0.355. The number of nitrogens with zero attached hydrogens (tertiary/aromatic N) is 1. The highest BCUT2D eigenvalue weighted by Gasteiger charge is 2.33. The SMILES string of the molecule is O=C(Cc1ccccc1)Nc1ccc(CN2CCC(=O)C(=C3SC=CS3)C2=O)cc1. The topological polar surface area (TPSA) is 66.5 Å². The first-order chi connectivity index (χ1) is 14.6. The molecule has 0 aliphatic carbocycles. The molecule has 2 aromatic rings. The summed E-state index contributed by atoms with van der Waals surface area (Å²) in [6.07, 6.45) is 0.667. The van der Waals surface area contributed by atoms with Crippen molar-refractivity contribution in [2.24, 2.45) is 0 Å². The van der Waals surface area contributed by atoms with Gasteiger partial charge in [0, 0.05) is 25.2 Å². The van der Waals surface area contributed by atoms with Gasteiger partial charge in [0.25, 0.3) is 5.91 Å². The zero-order valence-electron chi connectivity index (χ0n) is 16.2. The molecule has 152 valence electrons. The average molecular weight is 437 g/mol. The monoisotopic (exact) mass is 436 g/mol. The molecule has 0 bridgehead atoms. The number of amides is 2. The molecule has 0 aromatic heterocycles. The molecule has 2 aliphatic heterocycles. The van der Waals surface area contributed by atoms with E-state index in [1.807, 2.05) is 65.4 Å². The third kappa shape index (κ3) is 4.86. The van der Waals surface area contributed by atoms with Crippen LogP contribution in [0.25, 0.3) is 0 Å². The van der Waals surface area contributed by atoms with Gasteiger partial charge in [0.05, 0.1) is 10.7 Å². The van der Waals surface area contributed by atoms with Gasteiger partial charge in [-0.05, 0) is 34.1 Å². The number of thioether (sulfide) groups is 2. The molecular formula is C23H20N2O3S2. The van der Waals surface area contributed by atoms with Gasteiger partial charge in [-0.3, -0.25) is 14.4 Å². The standard InChI is InChI=1S/C23H20N2O3S2/c26-19-10-11-25(22(28)21(19)23-29-12-13-30-23)15-17-6-8-18(9-7-17)24-20(27)14-16-4-2-1-3-5-16/h1-9,12-13H,10-11,14-15H2,(H,24,27). The Labute approximate surface area is 183 Å². The summed E-state index contributed by atoms with van der Waals surface area (Å²) in [5.41, 5.74) is 2.94. The predicted octanol–water partition coefficient (Wildman–Crippen LogP) is 4.33. The fourth-order valence-electron chi connectivity index (χ4n) is 3.32. The molecule has 0 spiro atoms. The first-order valence-electron chi connectivity index (χ1n) is 9.58. The second kappa shape index (κ2) is 9.36. The number of anilines is 1. The van der Waals surface area contributed by atoms with Crippen molar-refractivity contribution in [3.63, 3.8) is 0 Å². The van der Waals surface area contributed by atoms with Gasteiger partial charge in [0.15, 0.2) is 5.78 Å². The van der Waals surface area contributed by atoms with Gasteiger partial charge >= 0.3 is 0 Å². The highest BCUT2D eigenvalue weighted by Crippen LogP contribution is 2.41. The third-order valence-electron chi connectivity index (χ3n) is 4.82. The normalized spacial score (nSPS) is 16.3. The predicted molar refractivity (Wildman–Crippen MR) is 122 cm³/mol. The fourth-order valence-corrected chi connectivity index (χ4v) is 5.20. The summed E-state index contributed by atoms with van der Waals surface area (Å²) >= 11 is 2.85. The van der Waals surface area contributed by atoms with E-state index in [1.54, 1.807) is 4.90 Å². The molecule has 30 heavy (non-hydrogen) atoms. The van der Waals surface area contributed by atoms with Crippen LogP contribution in [-0.4, -0.2) is 29.0 Å². The van der Waals surface area contributed by atoms with E-state index in [1.165, 1.54) is 23.5 Å². The first kappa shape index (κ1) is 20.5. The van der Waals surface area contributed by atoms with Crippen molar-refractivity contribution in [3.05, 3.63) is 86.4 Å². The lowest BCUT2D eigenvalue weighted by molar-refractivity contribution is -0.133. The van der Waals surface area contributed by atoms with Crippen LogP contribution in [0.4, 0.5) is 5.69 Å². The lowest BCUT2D eigenvalue weighted by atomic mass is 10.0. The lowest BCUT2D eigenvalue weighted by Crippen LogP contribution is -2.40. The number of hydrogen-bond donors (Lipinski definition) is 1. The Balaban J connectivity index is 1.37. The van der Waals surface area contributed by atoms with E-state index < -0.39 is 0 Å². The van der Waals surface area contributed by atoms with Crippen molar-refractivity contribution in [2.45, 2.75) is 19.4 Å². The molecule has 2 aromatic carbocycles. The van der Waals surface area contributed by atoms with E-state index >= 15 is 0 Å². The Morgan fingerprint density at radius 3 is 2.33 bits per heavy atom. The highest BCUT2D eigenvalue weighted by atomic mass is 32.2. The molecule has 2 heterocycles. The summed E-state index contributed by atoms with van der Waals surface area (Å²) in [6, 6.07) is 17.1. The Hall–Kier alpha value is -2.77. The molecule has 0 radical (unpaired) electrons. The Kier molecular flexibility index (Phi) is 6.40. The summed E-state index contributed by atoms with van der Waals surface area (Å²) in [6.45, 7) is 0.858. The number of nitrogens with one attached hydrogen (secondary N) is 1. The number of rotatable bonds is 5. The van der Waals surface area contributed by atoms with Crippen LogP contribution in [0.15, 0.2) is 75.2 Å². The van der Waals surface area contributed by atoms with Crippen LogP contribution < -0.4 is 5.32 Å². The van der Waals surface area contributed by atoms with Gasteiger partial charge in [0.2, 0.25) is 5.91 Å². The maximum Gasteiger partial charge on any atom is 0.259 e. The Morgan fingerprint density at radius 1 is 0.933 bits per heavy atom. The van der Waals surface area contributed by atoms with Crippen molar-refractivity contribution >= 4 is 46.8 Å². The lowest BCUT2D eigenvalue weighted by Gasteiger charge is -2.28. The smallest absolute Gasteiger partial charge is 0.259 e. The molecule has 1 fully saturated rings. The van der Waals surface area contributed by atoms with Gasteiger partial charge in [0.1, 0.15) is 5.57 Å². The van der Waals surface area contributed by atoms with E-state index in [0.717, 1.165) is 15.4 Å². The van der Waals surface area contributed by atoms with Gasteiger partial charge < -0.3 is 10.2 Å². The van der Waals surface area contributed by atoms with Crippen LogP contribution in [0.5, 0.6) is 0 Å².